The lowest BCUT2D eigenvalue weighted by atomic mass is 9.95. The molecule has 1 atom stereocenters. The molecule has 4 nitrogen and oxygen atoms in total. The topological polar surface area (TPSA) is 53.4 Å². The van der Waals surface area contributed by atoms with Gasteiger partial charge in [0.25, 0.3) is 5.91 Å². The molecule has 1 aromatic heterocycles. The summed E-state index contributed by atoms with van der Waals surface area (Å²) in [5, 5.41) is 10.4. The Balaban J connectivity index is 2.27. The first-order valence-electron chi connectivity index (χ1n) is 5.83. The number of aromatic nitrogens is 1. The molecule has 1 aliphatic heterocycles. The molecule has 0 spiro atoms. The van der Waals surface area contributed by atoms with Gasteiger partial charge < -0.3 is 10.0 Å². The average molecular weight is 324 g/mol. The summed E-state index contributed by atoms with van der Waals surface area (Å²) < 4.78 is 0. The molecule has 1 amide bonds. The number of aliphatic hydroxyl groups is 1. The number of likely N-dealkylation sites (tertiary alicyclic amines) is 1. The standard InChI is InChI=1S/C12H13Cl3N2O2/c1-12(19)3-2-4-17(6-12)11(18)10-9(15)8(14)7(13)5-16-10/h5,19H,2-4,6H2,1H3. The van der Waals surface area contributed by atoms with Crippen LogP contribution in [-0.2, 0) is 0 Å². The molecule has 19 heavy (non-hydrogen) atoms. The summed E-state index contributed by atoms with van der Waals surface area (Å²) in [5.41, 5.74) is -0.815. The van der Waals surface area contributed by atoms with Gasteiger partial charge in [0.2, 0.25) is 0 Å². The lowest BCUT2D eigenvalue weighted by molar-refractivity contribution is -0.0109. The zero-order chi connectivity index (χ0) is 14.2. The van der Waals surface area contributed by atoms with Crippen molar-refractivity contribution in [2.75, 3.05) is 13.1 Å². The van der Waals surface area contributed by atoms with Crippen LogP contribution in [0.25, 0.3) is 0 Å². The number of nitrogens with zero attached hydrogens (tertiary/aromatic N) is 2. The Kier molecular flexibility index (Phi) is 4.26. The van der Waals surface area contributed by atoms with Crippen LogP contribution in [0, 0.1) is 0 Å². The van der Waals surface area contributed by atoms with Gasteiger partial charge in [0.1, 0.15) is 5.69 Å². The highest BCUT2D eigenvalue weighted by atomic mass is 35.5. The minimum atomic E-state index is -0.878. The molecule has 0 saturated carbocycles. The van der Waals surface area contributed by atoms with Gasteiger partial charge >= 0.3 is 0 Å². The smallest absolute Gasteiger partial charge is 0.274 e. The summed E-state index contributed by atoms with van der Waals surface area (Å²) in [7, 11) is 0. The van der Waals surface area contributed by atoms with E-state index in [9.17, 15) is 9.90 Å². The molecular weight excluding hydrogens is 311 g/mol. The zero-order valence-corrected chi connectivity index (χ0v) is 12.6. The summed E-state index contributed by atoms with van der Waals surface area (Å²) in [6.07, 6.45) is 2.70. The van der Waals surface area contributed by atoms with E-state index in [4.69, 9.17) is 34.8 Å². The quantitative estimate of drug-likeness (QED) is 0.864. The SMILES string of the molecule is CC1(O)CCCN(C(=O)c2ncc(Cl)c(Cl)c2Cl)C1. The fraction of sp³-hybridized carbons (Fsp3) is 0.500. The van der Waals surface area contributed by atoms with Gasteiger partial charge in [-0.3, -0.25) is 4.79 Å². The van der Waals surface area contributed by atoms with Crippen LogP contribution >= 0.6 is 34.8 Å². The second-order valence-corrected chi connectivity index (χ2v) is 6.07. The molecule has 2 heterocycles. The van der Waals surface area contributed by atoms with E-state index < -0.39 is 5.60 Å². The molecule has 0 aliphatic carbocycles. The molecule has 7 heteroatoms. The number of piperidine rings is 1. The van der Waals surface area contributed by atoms with Gasteiger partial charge in [-0.25, -0.2) is 4.98 Å². The Morgan fingerprint density at radius 2 is 2.11 bits per heavy atom. The lowest BCUT2D eigenvalue weighted by Crippen LogP contribution is -2.48. The van der Waals surface area contributed by atoms with Gasteiger partial charge in [0.15, 0.2) is 0 Å². The minimum absolute atomic E-state index is 0.0457. The van der Waals surface area contributed by atoms with Crippen molar-refractivity contribution in [2.45, 2.75) is 25.4 Å². The highest BCUT2D eigenvalue weighted by Gasteiger charge is 2.32. The number of hydrogen-bond donors (Lipinski definition) is 1. The lowest BCUT2D eigenvalue weighted by Gasteiger charge is -2.36. The van der Waals surface area contributed by atoms with Crippen molar-refractivity contribution in [2.24, 2.45) is 0 Å². The number of rotatable bonds is 1. The van der Waals surface area contributed by atoms with Crippen molar-refractivity contribution in [3.63, 3.8) is 0 Å². The zero-order valence-electron chi connectivity index (χ0n) is 10.3. The van der Waals surface area contributed by atoms with Gasteiger partial charge in [-0.15, -0.1) is 0 Å². The number of carbonyl (C=O) groups is 1. The van der Waals surface area contributed by atoms with Crippen molar-refractivity contribution in [3.8, 4) is 0 Å². The Hall–Kier alpha value is -0.550. The fourth-order valence-corrected chi connectivity index (χ4v) is 2.70. The van der Waals surface area contributed by atoms with Crippen LogP contribution in [-0.4, -0.2) is 39.6 Å². The Bertz CT molecular complexity index is 520. The maximum atomic E-state index is 12.3. The number of β-amino-alcohol motifs (C(OH)–C–C–N with tert-alkyl or cyclic N) is 1. The third kappa shape index (κ3) is 3.14. The van der Waals surface area contributed by atoms with Crippen LogP contribution in [0.1, 0.15) is 30.3 Å². The van der Waals surface area contributed by atoms with Gasteiger partial charge in [-0.05, 0) is 19.8 Å². The monoisotopic (exact) mass is 322 g/mol. The second-order valence-electron chi connectivity index (χ2n) is 4.91. The van der Waals surface area contributed by atoms with Crippen molar-refractivity contribution in [3.05, 3.63) is 27.0 Å². The van der Waals surface area contributed by atoms with Crippen LogP contribution in [0.2, 0.25) is 15.1 Å². The van der Waals surface area contributed by atoms with E-state index in [1.165, 1.54) is 11.1 Å². The van der Waals surface area contributed by atoms with E-state index in [2.05, 4.69) is 4.98 Å². The van der Waals surface area contributed by atoms with E-state index in [1.54, 1.807) is 6.92 Å². The summed E-state index contributed by atoms with van der Waals surface area (Å²) >= 11 is 17.7. The van der Waals surface area contributed by atoms with Crippen molar-refractivity contribution < 1.29 is 9.90 Å². The highest BCUT2D eigenvalue weighted by Crippen LogP contribution is 2.32. The summed E-state index contributed by atoms with van der Waals surface area (Å²) in [5.74, 6) is -0.344. The third-order valence-electron chi connectivity index (χ3n) is 3.08. The maximum Gasteiger partial charge on any atom is 0.274 e. The van der Waals surface area contributed by atoms with Crippen LogP contribution in [0.15, 0.2) is 6.20 Å². The Morgan fingerprint density at radius 1 is 1.42 bits per heavy atom. The van der Waals surface area contributed by atoms with Gasteiger partial charge in [-0.1, -0.05) is 34.8 Å². The Labute approximate surface area is 126 Å². The summed E-state index contributed by atoms with van der Waals surface area (Å²) in [6.45, 7) is 2.52. The highest BCUT2D eigenvalue weighted by molar-refractivity contribution is 6.48. The predicted molar refractivity (Wildman–Crippen MR) is 75.0 cm³/mol. The summed E-state index contributed by atoms with van der Waals surface area (Å²) in [6, 6.07) is 0. The maximum absolute atomic E-state index is 12.3. The molecule has 104 valence electrons. The second kappa shape index (κ2) is 5.44. The first kappa shape index (κ1) is 14.9. The average Bonchev–Trinajstić information content (AvgIpc) is 2.34. The van der Waals surface area contributed by atoms with Crippen LogP contribution < -0.4 is 0 Å². The number of halogens is 3. The van der Waals surface area contributed by atoms with E-state index in [0.29, 0.717) is 13.0 Å². The van der Waals surface area contributed by atoms with E-state index in [0.717, 1.165) is 6.42 Å². The molecule has 1 unspecified atom stereocenters. The first-order chi connectivity index (χ1) is 8.82. The molecule has 1 N–H and O–H groups in total. The third-order valence-corrected chi connectivity index (χ3v) is 4.32. The molecule has 1 aromatic rings. The minimum Gasteiger partial charge on any atom is -0.388 e. The molecule has 1 saturated heterocycles. The largest absolute Gasteiger partial charge is 0.388 e. The van der Waals surface area contributed by atoms with Gasteiger partial charge in [0, 0.05) is 19.3 Å². The van der Waals surface area contributed by atoms with Gasteiger partial charge in [0.05, 0.1) is 20.7 Å². The Morgan fingerprint density at radius 3 is 2.74 bits per heavy atom. The number of pyridine rings is 1. The summed E-state index contributed by atoms with van der Waals surface area (Å²) in [4.78, 5) is 17.8. The van der Waals surface area contributed by atoms with E-state index in [1.807, 2.05) is 0 Å². The predicted octanol–water partition coefficient (Wildman–Crippen LogP) is 3.03. The van der Waals surface area contributed by atoms with E-state index in [-0.39, 0.29) is 33.2 Å². The molecule has 0 radical (unpaired) electrons. The molecule has 1 fully saturated rings. The molecule has 2 rings (SSSR count). The number of amides is 1. The molecule has 0 aromatic carbocycles. The number of hydrogen-bond acceptors (Lipinski definition) is 3. The molecular formula is C12H13Cl3N2O2. The van der Waals surface area contributed by atoms with Crippen molar-refractivity contribution in [1.29, 1.82) is 0 Å². The normalized spacial score (nSPS) is 23.5. The fourth-order valence-electron chi connectivity index (χ4n) is 2.14. The van der Waals surface area contributed by atoms with Crippen LogP contribution in [0.3, 0.4) is 0 Å². The molecule has 1 aliphatic rings. The first-order valence-corrected chi connectivity index (χ1v) is 6.96. The molecule has 0 bridgehead atoms. The van der Waals surface area contributed by atoms with Gasteiger partial charge in [-0.2, -0.15) is 0 Å². The van der Waals surface area contributed by atoms with Crippen LogP contribution in [0.4, 0.5) is 0 Å². The number of carbonyl (C=O) groups excluding carboxylic acids is 1. The van der Waals surface area contributed by atoms with Crippen molar-refractivity contribution in [1.82, 2.24) is 9.88 Å². The van der Waals surface area contributed by atoms with Crippen LogP contribution in [0.5, 0.6) is 0 Å². The van der Waals surface area contributed by atoms with E-state index >= 15 is 0 Å². The van der Waals surface area contributed by atoms with Crippen molar-refractivity contribution >= 4 is 40.7 Å².